The minimum absolute atomic E-state index is 0.0148. The highest BCUT2D eigenvalue weighted by atomic mass is 33.1. The minimum Gasteiger partial charge on any atom is -0.481 e. The summed E-state index contributed by atoms with van der Waals surface area (Å²) in [4.78, 5) is 194. The lowest BCUT2D eigenvalue weighted by Crippen LogP contribution is -2.70. The number of primary amides is 1. The van der Waals surface area contributed by atoms with Gasteiger partial charge in [0.15, 0.2) is 6.04 Å². The maximum absolute atomic E-state index is 14.6. The van der Waals surface area contributed by atoms with Crippen LogP contribution in [-0.4, -0.2) is 232 Å². The molecule has 0 unspecified atom stereocenters. The lowest BCUT2D eigenvalue weighted by Gasteiger charge is -2.29. The quantitative estimate of drug-likeness (QED) is 0.0210. The van der Waals surface area contributed by atoms with Gasteiger partial charge in [0, 0.05) is 18.6 Å². The van der Waals surface area contributed by atoms with Gasteiger partial charge in [-0.3, -0.25) is 73.0 Å². The molecule has 40 heteroatoms. The number of hydrogen-bond donors (Lipinski definition) is 24. The molecule has 1 saturated heterocycles. The summed E-state index contributed by atoms with van der Waals surface area (Å²) in [5.41, 5.74) is 36.3. The van der Waals surface area contributed by atoms with Crippen molar-refractivity contribution < 1.29 is 99.0 Å². The fourth-order valence-corrected chi connectivity index (χ4v) is 12.3. The van der Waals surface area contributed by atoms with Crippen LogP contribution in [0.5, 0.6) is 0 Å². The number of unbranched alkanes of at least 4 members (excludes halogenated alkanes) is 1. The first kappa shape index (κ1) is 89.2. The smallest absolute Gasteiger partial charge is 0.327 e. The van der Waals surface area contributed by atoms with Crippen molar-refractivity contribution >= 4 is 104 Å². The number of benzene rings is 1. The lowest BCUT2D eigenvalue weighted by molar-refractivity contribution is -0.396. The summed E-state index contributed by atoms with van der Waals surface area (Å²) >= 11 is 0. The van der Waals surface area contributed by atoms with E-state index in [0.29, 0.717) is 24.9 Å². The van der Waals surface area contributed by atoms with Gasteiger partial charge in [-0.2, -0.15) is 0 Å². The number of carboxylic acids is 2. The number of amides is 12. The molecule has 13 atom stereocenters. The zero-order valence-electron chi connectivity index (χ0n) is 57.8. The van der Waals surface area contributed by atoms with Crippen LogP contribution in [0, 0.1) is 11.8 Å². The Morgan fingerprint density at radius 3 is 1.37 bits per heavy atom. The summed E-state index contributed by atoms with van der Waals surface area (Å²) in [5, 5.41) is 74.6. The normalized spacial score (nSPS) is 25.1. The van der Waals surface area contributed by atoms with Crippen LogP contribution in [0.4, 0.5) is 0 Å². The van der Waals surface area contributed by atoms with Crippen LogP contribution >= 0.6 is 21.6 Å². The Labute approximate surface area is 593 Å². The minimum atomic E-state index is -1.99. The number of hydrogen-bond acceptors (Lipinski definition) is 24. The largest absolute Gasteiger partial charge is 0.481 e. The van der Waals surface area contributed by atoms with E-state index in [1.165, 1.54) is 0 Å². The average molecular weight is 1470 g/mol. The van der Waals surface area contributed by atoms with Crippen LogP contribution in [-0.2, 0) is 73.5 Å². The summed E-state index contributed by atoms with van der Waals surface area (Å²) < 4.78 is 0. The molecule has 38 nitrogen and oxygen atoms in total. The van der Waals surface area contributed by atoms with Crippen molar-refractivity contribution in [2.45, 2.75) is 209 Å². The van der Waals surface area contributed by atoms with Crippen molar-refractivity contribution in [3.8, 4) is 0 Å². The first-order valence-electron chi connectivity index (χ1n) is 33.3. The predicted molar refractivity (Wildman–Crippen MR) is 369 cm³/mol. The fourth-order valence-electron chi connectivity index (χ4n) is 9.97. The predicted octanol–water partition coefficient (Wildman–Crippen LogP) is -9.59. The molecule has 0 radical (unpaired) electrons. The lowest BCUT2D eigenvalue weighted by atomic mass is 10.0. The Morgan fingerprint density at radius 2 is 0.911 bits per heavy atom. The number of carbonyl (C=O) groups excluding carboxylic acids is 12. The summed E-state index contributed by atoms with van der Waals surface area (Å²) in [6.45, 7) is 7.29. The summed E-state index contributed by atoms with van der Waals surface area (Å²) in [6, 6.07) is -11.4. The molecule has 0 bridgehead atoms. The van der Waals surface area contributed by atoms with E-state index in [2.05, 4.69) is 80.6 Å². The van der Waals surface area contributed by atoms with E-state index >= 15 is 0 Å². The van der Waals surface area contributed by atoms with Crippen LogP contribution in [0.25, 0.3) is 0 Å². The van der Waals surface area contributed by atoms with Gasteiger partial charge in [-0.05, 0) is 102 Å². The molecule has 1 fully saturated rings. The van der Waals surface area contributed by atoms with Gasteiger partial charge in [-0.25, -0.2) is 4.79 Å². The number of nitrogens with two attached hydrogens (primary N) is 5. The number of nitrogens with one attached hydrogen (secondary N) is 13. The molecule has 1 aromatic carbocycles. The number of aliphatic hydroxyl groups is 2. The Morgan fingerprint density at radius 1 is 0.515 bits per heavy atom. The van der Waals surface area contributed by atoms with Gasteiger partial charge < -0.3 is 119 Å². The second-order valence-corrected chi connectivity index (χ2v) is 27.8. The van der Waals surface area contributed by atoms with Crippen molar-refractivity contribution in [3.63, 3.8) is 0 Å². The van der Waals surface area contributed by atoms with Crippen molar-refractivity contribution in [2.24, 2.45) is 40.5 Å². The Bertz CT molecular complexity index is 2890. The molecule has 570 valence electrons. The van der Waals surface area contributed by atoms with Crippen LogP contribution < -0.4 is 109 Å². The molecule has 2 rings (SSSR count). The summed E-state index contributed by atoms with van der Waals surface area (Å²) in [5.74, 6) is -16.8. The maximum Gasteiger partial charge on any atom is 0.327 e. The molecular weight excluding hydrogens is 1360 g/mol. The molecule has 0 aliphatic carbocycles. The maximum atomic E-state index is 14.6. The van der Waals surface area contributed by atoms with Gasteiger partial charge in [-0.15, -0.1) is 0 Å². The second kappa shape index (κ2) is 47.3. The number of aliphatic hydroxyl groups excluding tert-OH is 2. The second-order valence-electron chi connectivity index (χ2n) is 25.3. The number of carboxylic acid groups (broad SMARTS) is 2. The number of carbonyl (C=O) groups is 14. The summed E-state index contributed by atoms with van der Waals surface area (Å²) in [7, 11) is 1.89. The molecule has 1 aromatic rings. The summed E-state index contributed by atoms with van der Waals surface area (Å²) in [6.07, 6.45) is -5.71. The zero-order chi connectivity index (χ0) is 76.1. The van der Waals surface area contributed by atoms with Crippen molar-refractivity contribution in [1.82, 2.24) is 69.1 Å². The van der Waals surface area contributed by atoms with E-state index in [4.69, 9.17) is 28.7 Å². The van der Waals surface area contributed by atoms with Crippen LogP contribution in [0.2, 0.25) is 0 Å². The number of rotatable bonds is 28. The van der Waals surface area contributed by atoms with Crippen molar-refractivity contribution in [1.29, 1.82) is 0 Å². The molecule has 0 saturated carbocycles. The third kappa shape index (κ3) is 35.5. The van der Waals surface area contributed by atoms with Crippen LogP contribution in [0.15, 0.2) is 30.3 Å². The van der Waals surface area contributed by atoms with E-state index in [9.17, 15) is 87.5 Å². The first-order chi connectivity index (χ1) is 47.6. The van der Waals surface area contributed by atoms with Crippen molar-refractivity contribution in [3.05, 3.63) is 35.9 Å². The topological polar surface area (TPSA) is 662 Å². The molecule has 0 spiro atoms. The van der Waals surface area contributed by atoms with Gasteiger partial charge >= 0.3 is 11.9 Å². The molecule has 101 heavy (non-hydrogen) atoms. The Kier molecular flexibility index (Phi) is 41.8. The zero-order valence-corrected chi connectivity index (χ0v) is 59.4. The third-order valence-corrected chi connectivity index (χ3v) is 17.9. The highest BCUT2D eigenvalue weighted by Crippen LogP contribution is 2.23. The van der Waals surface area contributed by atoms with Gasteiger partial charge in [0.1, 0.15) is 79.0 Å². The Hall–Kier alpha value is -7.90. The highest BCUT2D eigenvalue weighted by Gasteiger charge is 2.39. The molecule has 12 amide bonds. The van der Waals surface area contributed by atoms with Crippen LogP contribution in [0.3, 0.4) is 0 Å². The fraction of sp³-hybridized carbons (Fsp3) is 0.672. The average Bonchev–Trinajstić information content (AvgIpc) is 0.867. The molecule has 1 heterocycles. The van der Waals surface area contributed by atoms with Crippen LogP contribution in [0.1, 0.15) is 117 Å². The van der Waals surface area contributed by atoms with E-state index in [1.54, 1.807) is 58.0 Å². The standard InChI is InChI=1S/C61H106N20O18S2/c1-30(2)23-39-53(92)73-35(15-9-10-20-62)51(90)80-44(59(98)99)29-101-100-28-34(63)48(87)71-38(18-19-45(64)84)52(91)77-41(25-33-13-7-6-8-14-33)55(94)78-42(26-46(85)86)56(95)76-40(24-31(3)4)54(93)79-43(27-82)57(96)81-47(32(5)83)58(97)74-37(17-12-22-70-61(67)68)49(88)72-36(50(89)75-39)16-11-21-69-60(65)66/h6-8,13-14,30-32,34-44,47,60-61,69-70,82-83H,9-12,15-29,62-63,65-68H2,1-5H3,(H2,64,84)(H,71,87)(H,72,88)(H,73,92)(H,74,97)(H,75,89)(H,76,95)(H,77,91)(H,78,94)(H,79,93)(H,80,90)(H,81,96)(H,85,86)(H,98,99)/p+2/t32-,34+,35+,36+,37+,38+,39+,40+,41+,42+,43+,44+,47+/m1/s1. The number of aliphatic carboxylic acids is 2. The van der Waals surface area contributed by atoms with E-state index < -0.39 is 206 Å². The van der Waals surface area contributed by atoms with E-state index in [-0.39, 0.29) is 81.9 Å². The van der Waals surface area contributed by atoms with E-state index in [0.717, 1.165) is 28.5 Å². The number of quaternary nitrogens is 2. The van der Waals surface area contributed by atoms with Gasteiger partial charge in [-0.1, -0.05) is 79.6 Å². The molecule has 1 aliphatic heterocycles. The van der Waals surface area contributed by atoms with Crippen molar-refractivity contribution in [2.75, 3.05) is 37.7 Å². The SMILES string of the molecule is CC(C)C[C@@H]1NC(=O)[C@H](CCCNC(N)N)NC(=O)[C@H](CCCNC(N)N)NC(=O)[C@H]([C@@H](C)O)NC(=O)[C@H](CO)NC(=O)[C@H](CC(C)C)NC(=O)[C@H](CC(=O)O)NC(=O)[C@H](Cc2ccccc2)NC(=O)[C@H](CCC(N)=O)NC(=O)[C@@H]([NH3+])CSSC[C@@H](C(=O)O)NC(=O)[C@H](CCCC[NH3+])NC1=O. The third-order valence-electron chi connectivity index (χ3n) is 15.4. The molecular formula is C61H108N20O18S2+2. The monoisotopic (exact) mass is 1470 g/mol. The molecule has 33 N–H and O–H groups in total. The van der Waals surface area contributed by atoms with Gasteiger partial charge in [0.2, 0.25) is 65.0 Å². The highest BCUT2D eigenvalue weighted by molar-refractivity contribution is 8.76. The van der Waals surface area contributed by atoms with Gasteiger partial charge in [0.05, 0.1) is 31.4 Å². The Balaban J connectivity index is 2.90. The molecule has 0 aromatic heterocycles. The molecule has 1 aliphatic rings. The van der Waals surface area contributed by atoms with Gasteiger partial charge in [0.25, 0.3) is 5.91 Å². The van der Waals surface area contributed by atoms with E-state index in [1.807, 2.05) is 0 Å². The first-order valence-corrected chi connectivity index (χ1v) is 35.8.